The third kappa shape index (κ3) is 11.3. The lowest BCUT2D eigenvalue weighted by atomic mass is 10.2. The van der Waals surface area contributed by atoms with Crippen molar-refractivity contribution in [2.75, 3.05) is 0 Å². The quantitative estimate of drug-likeness (QED) is 0.453. The normalized spacial score (nSPS) is 11.4. The second-order valence-corrected chi connectivity index (χ2v) is 5.92. The van der Waals surface area contributed by atoms with E-state index in [9.17, 15) is 4.79 Å². The standard InChI is InChI=1S/C8H18O2.C7H6O/c1-7(2,3)9-10-8(4,5)6;8-6-7-4-2-1-3-5-7/h1-6H3;1-6H. The van der Waals surface area contributed by atoms with Gasteiger partial charge in [0.25, 0.3) is 0 Å². The number of aldehydes is 1. The van der Waals surface area contributed by atoms with Crippen molar-refractivity contribution < 1.29 is 14.6 Å². The van der Waals surface area contributed by atoms with Crippen LogP contribution in [0.2, 0.25) is 0 Å². The summed E-state index contributed by atoms with van der Waals surface area (Å²) in [7, 11) is 0. The van der Waals surface area contributed by atoms with Gasteiger partial charge in [0.15, 0.2) is 0 Å². The molecule has 0 unspecified atom stereocenters. The molecule has 0 fully saturated rings. The smallest absolute Gasteiger partial charge is 0.150 e. The van der Waals surface area contributed by atoms with Gasteiger partial charge >= 0.3 is 0 Å². The van der Waals surface area contributed by atoms with Crippen LogP contribution < -0.4 is 0 Å². The van der Waals surface area contributed by atoms with Crippen molar-refractivity contribution in [3.8, 4) is 0 Å². The van der Waals surface area contributed by atoms with Crippen LogP contribution in [0, 0.1) is 0 Å². The fourth-order valence-corrected chi connectivity index (χ4v) is 0.782. The van der Waals surface area contributed by atoms with Gasteiger partial charge in [0.05, 0.1) is 11.2 Å². The SMILES string of the molecule is CC(C)(C)OOC(C)(C)C.O=Cc1ccccc1. The first-order valence-corrected chi connectivity index (χ1v) is 6.01. The van der Waals surface area contributed by atoms with Crippen LogP contribution >= 0.6 is 0 Å². The van der Waals surface area contributed by atoms with E-state index in [-0.39, 0.29) is 11.2 Å². The maximum atomic E-state index is 10.0. The number of rotatable bonds is 2. The molecule has 3 nitrogen and oxygen atoms in total. The maximum Gasteiger partial charge on any atom is 0.150 e. The third-order valence-electron chi connectivity index (χ3n) is 1.48. The van der Waals surface area contributed by atoms with Crippen molar-refractivity contribution in [2.45, 2.75) is 52.7 Å². The molecule has 0 atom stereocenters. The molecular formula is C15H24O3. The first kappa shape index (κ1) is 16.8. The molecule has 0 amide bonds. The second kappa shape index (κ2) is 7.29. The Morgan fingerprint density at radius 1 is 0.833 bits per heavy atom. The van der Waals surface area contributed by atoms with Crippen molar-refractivity contribution in [2.24, 2.45) is 0 Å². The number of carbonyl (C=O) groups excluding carboxylic acids is 1. The molecule has 0 saturated heterocycles. The molecule has 0 aromatic heterocycles. The minimum atomic E-state index is -0.215. The fraction of sp³-hybridized carbons (Fsp3) is 0.533. The number of hydrogen-bond acceptors (Lipinski definition) is 3. The van der Waals surface area contributed by atoms with Crippen molar-refractivity contribution in [1.29, 1.82) is 0 Å². The summed E-state index contributed by atoms with van der Waals surface area (Å²) < 4.78 is 0. The fourth-order valence-electron chi connectivity index (χ4n) is 0.782. The maximum absolute atomic E-state index is 10.0. The van der Waals surface area contributed by atoms with E-state index in [1.165, 1.54) is 0 Å². The average Bonchev–Trinajstić information content (AvgIpc) is 2.27. The molecule has 0 aliphatic heterocycles. The molecule has 0 aliphatic rings. The molecule has 0 radical (unpaired) electrons. The predicted octanol–water partition coefficient (Wildman–Crippen LogP) is 4.03. The zero-order valence-electron chi connectivity index (χ0n) is 12.2. The largest absolute Gasteiger partial charge is 0.298 e. The summed E-state index contributed by atoms with van der Waals surface area (Å²) >= 11 is 0. The lowest BCUT2D eigenvalue weighted by molar-refractivity contribution is -0.393. The van der Waals surface area contributed by atoms with Crippen molar-refractivity contribution in [1.82, 2.24) is 0 Å². The zero-order valence-corrected chi connectivity index (χ0v) is 12.2. The highest BCUT2D eigenvalue weighted by molar-refractivity contribution is 5.74. The van der Waals surface area contributed by atoms with E-state index in [1.54, 1.807) is 12.1 Å². The first-order valence-electron chi connectivity index (χ1n) is 6.01. The molecule has 1 aromatic carbocycles. The van der Waals surface area contributed by atoms with Gasteiger partial charge in [-0.25, -0.2) is 9.78 Å². The Balaban J connectivity index is 0.000000327. The Morgan fingerprint density at radius 3 is 1.44 bits per heavy atom. The first-order chi connectivity index (χ1) is 8.14. The Kier molecular flexibility index (Phi) is 6.81. The molecule has 0 saturated carbocycles. The summed E-state index contributed by atoms with van der Waals surface area (Å²) in [6.07, 6.45) is 0.833. The molecule has 3 heteroatoms. The van der Waals surface area contributed by atoms with Gasteiger partial charge in [-0.3, -0.25) is 4.79 Å². The van der Waals surface area contributed by atoms with E-state index in [0.717, 1.165) is 11.8 Å². The summed E-state index contributed by atoms with van der Waals surface area (Å²) in [4.78, 5) is 20.2. The Hall–Kier alpha value is -1.19. The summed E-state index contributed by atoms with van der Waals surface area (Å²) in [6, 6.07) is 9.10. The topological polar surface area (TPSA) is 35.5 Å². The van der Waals surface area contributed by atoms with E-state index in [4.69, 9.17) is 9.78 Å². The Morgan fingerprint density at radius 2 is 1.22 bits per heavy atom. The Bertz CT molecular complexity index is 317. The van der Waals surface area contributed by atoms with Crippen LogP contribution in [0.3, 0.4) is 0 Å². The van der Waals surface area contributed by atoms with Gasteiger partial charge in [-0.2, -0.15) is 0 Å². The van der Waals surface area contributed by atoms with E-state index in [1.807, 2.05) is 59.7 Å². The Labute approximate surface area is 110 Å². The average molecular weight is 252 g/mol. The minimum Gasteiger partial charge on any atom is -0.298 e. The van der Waals surface area contributed by atoms with Crippen molar-refractivity contribution in [3.63, 3.8) is 0 Å². The second-order valence-electron chi connectivity index (χ2n) is 5.92. The van der Waals surface area contributed by atoms with Gasteiger partial charge in [0.2, 0.25) is 0 Å². The third-order valence-corrected chi connectivity index (χ3v) is 1.48. The molecule has 0 spiro atoms. The van der Waals surface area contributed by atoms with Gasteiger partial charge < -0.3 is 0 Å². The molecule has 1 rings (SSSR count). The summed E-state index contributed by atoms with van der Waals surface area (Å²) in [6.45, 7) is 11.7. The molecule has 0 bridgehead atoms. The van der Waals surface area contributed by atoms with Crippen LogP contribution in [0.1, 0.15) is 51.9 Å². The van der Waals surface area contributed by atoms with Gasteiger partial charge in [-0.1, -0.05) is 30.3 Å². The van der Waals surface area contributed by atoms with Gasteiger partial charge in [0.1, 0.15) is 6.29 Å². The minimum absolute atomic E-state index is 0.215. The van der Waals surface area contributed by atoms with Crippen LogP contribution in [0.25, 0.3) is 0 Å². The summed E-state index contributed by atoms with van der Waals surface area (Å²) in [5.41, 5.74) is 0.299. The number of carbonyl (C=O) groups is 1. The molecular weight excluding hydrogens is 228 g/mol. The molecule has 102 valence electrons. The number of hydrogen-bond donors (Lipinski definition) is 0. The summed E-state index contributed by atoms with van der Waals surface area (Å²) in [5, 5.41) is 0. The zero-order chi connectivity index (χ0) is 14.2. The monoisotopic (exact) mass is 252 g/mol. The highest BCUT2D eigenvalue weighted by Gasteiger charge is 2.18. The predicted molar refractivity (Wildman–Crippen MR) is 73.5 cm³/mol. The van der Waals surface area contributed by atoms with Gasteiger partial charge in [0, 0.05) is 5.56 Å². The van der Waals surface area contributed by atoms with Gasteiger partial charge in [-0.15, -0.1) is 0 Å². The van der Waals surface area contributed by atoms with Crippen LogP contribution in [-0.2, 0) is 9.78 Å². The number of benzene rings is 1. The van der Waals surface area contributed by atoms with E-state index < -0.39 is 0 Å². The molecule has 18 heavy (non-hydrogen) atoms. The molecule has 0 aliphatic carbocycles. The lowest BCUT2D eigenvalue weighted by Gasteiger charge is -2.24. The van der Waals surface area contributed by atoms with Crippen molar-refractivity contribution >= 4 is 6.29 Å². The highest BCUT2D eigenvalue weighted by Crippen LogP contribution is 2.14. The van der Waals surface area contributed by atoms with E-state index in [0.29, 0.717) is 0 Å². The molecule has 0 N–H and O–H groups in total. The van der Waals surface area contributed by atoms with Crippen LogP contribution in [0.15, 0.2) is 30.3 Å². The molecule has 1 aromatic rings. The van der Waals surface area contributed by atoms with Crippen LogP contribution in [-0.4, -0.2) is 17.5 Å². The highest BCUT2D eigenvalue weighted by atomic mass is 17.2. The van der Waals surface area contributed by atoms with Gasteiger partial charge in [-0.05, 0) is 41.5 Å². The van der Waals surface area contributed by atoms with E-state index in [2.05, 4.69) is 0 Å². The van der Waals surface area contributed by atoms with Crippen molar-refractivity contribution in [3.05, 3.63) is 35.9 Å². The molecule has 0 heterocycles. The van der Waals surface area contributed by atoms with Crippen LogP contribution in [0.5, 0.6) is 0 Å². The lowest BCUT2D eigenvalue weighted by Crippen LogP contribution is -2.27. The van der Waals surface area contributed by atoms with E-state index >= 15 is 0 Å². The van der Waals surface area contributed by atoms with Crippen LogP contribution in [0.4, 0.5) is 0 Å². The summed E-state index contributed by atoms with van der Waals surface area (Å²) in [5.74, 6) is 0.